The summed E-state index contributed by atoms with van der Waals surface area (Å²) < 4.78 is 0. The highest BCUT2D eigenvalue weighted by Crippen LogP contribution is 2.00. The molecular formula is C9H9NO. The monoisotopic (exact) mass is 147 g/mol. The van der Waals surface area contributed by atoms with Crippen LogP contribution in [0, 0.1) is 0 Å². The number of fused-ring (bicyclic) bond motifs is 1. The molecule has 1 N–H and O–H groups in total. The third-order valence-corrected chi connectivity index (χ3v) is 1.81. The summed E-state index contributed by atoms with van der Waals surface area (Å²) in [5.74, 6) is 0.329. The van der Waals surface area contributed by atoms with Crippen molar-refractivity contribution in [3.8, 4) is 5.75 Å². The fourth-order valence-electron chi connectivity index (χ4n) is 1.32. The Morgan fingerprint density at radius 3 is 3.00 bits per heavy atom. The van der Waals surface area contributed by atoms with E-state index in [0.717, 1.165) is 10.6 Å². The first-order valence-corrected chi connectivity index (χ1v) is 3.65. The highest BCUT2D eigenvalue weighted by Gasteiger charge is 2.04. The van der Waals surface area contributed by atoms with Gasteiger partial charge in [-0.15, -0.1) is 0 Å². The standard InChI is InChI=1S/C9H9NO/c1-6-5-7-8(10-6)3-2-4-9(7)11/h2-6,11H,1H3. The topological polar surface area (TPSA) is 32.6 Å². The number of phenolic OH excluding ortho intramolecular Hbond substituents is 1. The van der Waals surface area contributed by atoms with Crippen molar-refractivity contribution in [3.05, 3.63) is 28.8 Å². The molecule has 2 heteroatoms. The van der Waals surface area contributed by atoms with Gasteiger partial charge in [-0.25, -0.2) is 0 Å². The molecule has 2 nitrogen and oxygen atoms in total. The van der Waals surface area contributed by atoms with Gasteiger partial charge in [-0.1, -0.05) is 6.07 Å². The lowest BCUT2D eigenvalue weighted by atomic mass is 10.2. The Kier molecular flexibility index (Phi) is 1.22. The molecule has 0 amide bonds. The molecule has 0 fully saturated rings. The maximum atomic E-state index is 9.36. The summed E-state index contributed by atoms with van der Waals surface area (Å²) in [5.41, 5.74) is 0. The molecule has 11 heavy (non-hydrogen) atoms. The van der Waals surface area contributed by atoms with E-state index >= 15 is 0 Å². The van der Waals surface area contributed by atoms with Crippen LogP contribution in [0.15, 0.2) is 23.2 Å². The molecule has 1 aliphatic heterocycles. The maximum Gasteiger partial charge on any atom is 0.124 e. The molecule has 1 aromatic carbocycles. The van der Waals surface area contributed by atoms with Crippen LogP contribution < -0.4 is 10.6 Å². The van der Waals surface area contributed by atoms with Crippen LogP contribution in [0.2, 0.25) is 0 Å². The minimum Gasteiger partial charge on any atom is -0.507 e. The lowest BCUT2D eigenvalue weighted by Gasteiger charge is -1.87. The molecule has 56 valence electrons. The second-order valence-corrected chi connectivity index (χ2v) is 2.75. The average Bonchev–Trinajstić information content (AvgIpc) is 2.31. The minimum absolute atomic E-state index is 0.207. The number of aromatic hydroxyl groups is 1. The maximum absolute atomic E-state index is 9.36. The van der Waals surface area contributed by atoms with Gasteiger partial charge in [0, 0.05) is 5.22 Å². The minimum atomic E-state index is 0.207. The SMILES string of the molecule is CC1C=c2c(O)cccc2=N1. The predicted octanol–water partition coefficient (Wildman–Crippen LogP) is 0.194. The first kappa shape index (κ1) is 6.40. The van der Waals surface area contributed by atoms with Crippen LogP contribution in [0.1, 0.15) is 6.92 Å². The quantitative estimate of drug-likeness (QED) is 0.558. The first-order valence-electron chi connectivity index (χ1n) is 3.65. The zero-order valence-corrected chi connectivity index (χ0v) is 6.28. The lowest BCUT2D eigenvalue weighted by molar-refractivity contribution is 0.470. The molecule has 0 aromatic heterocycles. The summed E-state index contributed by atoms with van der Waals surface area (Å²) in [6, 6.07) is 5.61. The largest absolute Gasteiger partial charge is 0.507 e. The van der Waals surface area contributed by atoms with E-state index in [-0.39, 0.29) is 6.04 Å². The molecule has 0 radical (unpaired) electrons. The Labute approximate surface area is 64.5 Å². The van der Waals surface area contributed by atoms with Crippen LogP contribution >= 0.6 is 0 Å². The van der Waals surface area contributed by atoms with Gasteiger partial charge in [-0.2, -0.15) is 0 Å². The molecule has 2 rings (SSSR count). The van der Waals surface area contributed by atoms with Crippen LogP contribution in [-0.2, 0) is 0 Å². The third kappa shape index (κ3) is 0.909. The number of hydrogen-bond acceptors (Lipinski definition) is 2. The van der Waals surface area contributed by atoms with Crippen LogP contribution in [0.3, 0.4) is 0 Å². The van der Waals surface area contributed by atoms with Crippen molar-refractivity contribution < 1.29 is 5.11 Å². The van der Waals surface area contributed by atoms with Crippen LogP contribution in [0.25, 0.3) is 6.08 Å². The Morgan fingerprint density at radius 2 is 2.27 bits per heavy atom. The first-order chi connectivity index (χ1) is 5.27. The second-order valence-electron chi connectivity index (χ2n) is 2.75. The summed E-state index contributed by atoms with van der Waals surface area (Å²) in [4.78, 5) is 4.30. The van der Waals surface area contributed by atoms with Gasteiger partial charge in [0.1, 0.15) is 5.75 Å². The van der Waals surface area contributed by atoms with Crippen LogP contribution in [-0.4, -0.2) is 11.1 Å². The van der Waals surface area contributed by atoms with Gasteiger partial charge in [0.05, 0.1) is 11.4 Å². The average molecular weight is 147 g/mol. The molecule has 1 aromatic rings. The zero-order valence-electron chi connectivity index (χ0n) is 6.28. The van der Waals surface area contributed by atoms with E-state index in [0.29, 0.717) is 5.75 Å². The molecule has 0 spiro atoms. The summed E-state index contributed by atoms with van der Waals surface area (Å²) in [7, 11) is 0. The molecule has 1 atom stereocenters. The molecule has 0 aliphatic carbocycles. The molecule has 0 bridgehead atoms. The van der Waals surface area contributed by atoms with E-state index in [1.165, 1.54) is 0 Å². The number of hydrogen-bond donors (Lipinski definition) is 1. The Hall–Kier alpha value is -1.31. The van der Waals surface area contributed by atoms with Gasteiger partial charge in [-0.3, -0.25) is 4.99 Å². The number of benzene rings is 1. The van der Waals surface area contributed by atoms with E-state index in [4.69, 9.17) is 0 Å². The van der Waals surface area contributed by atoms with Gasteiger partial charge in [0.25, 0.3) is 0 Å². The molecule has 1 unspecified atom stereocenters. The smallest absolute Gasteiger partial charge is 0.124 e. The number of phenols is 1. The van der Waals surface area contributed by atoms with Crippen molar-refractivity contribution in [2.75, 3.05) is 0 Å². The van der Waals surface area contributed by atoms with Crippen molar-refractivity contribution >= 4 is 6.08 Å². The van der Waals surface area contributed by atoms with E-state index in [2.05, 4.69) is 4.99 Å². The lowest BCUT2D eigenvalue weighted by Crippen LogP contribution is -2.20. The normalized spacial score (nSPS) is 20.3. The van der Waals surface area contributed by atoms with Crippen molar-refractivity contribution in [2.24, 2.45) is 4.99 Å². The van der Waals surface area contributed by atoms with Crippen LogP contribution in [0.4, 0.5) is 0 Å². The summed E-state index contributed by atoms with van der Waals surface area (Å²) in [6.45, 7) is 2.00. The van der Waals surface area contributed by atoms with Crippen LogP contribution in [0.5, 0.6) is 5.75 Å². The van der Waals surface area contributed by atoms with Gasteiger partial charge in [0.2, 0.25) is 0 Å². The van der Waals surface area contributed by atoms with Gasteiger partial charge < -0.3 is 5.11 Å². The zero-order chi connectivity index (χ0) is 7.84. The Morgan fingerprint density at radius 1 is 1.45 bits per heavy atom. The van der Waals surface area contributed by atoms with Crippen molar-refractivity contribution in [1.82, 2.24) is 0 Å². The van der Waals surface area contributed by atoms with E-state index in [1.54, 1.807) is 6.07 Å². The van der Waals surface area contributed by atoms with Gasteiger partial charge in [-0.05, 0) is 25.1 Å². The van der Waals surface area contributed by atoms with E-state index in [1.807, 2.05) is 25.1 Å². The van der Waals surface area contributed by atoms with Crippen molar-refractivity contribution in [2.45, 2.75) is 13.0 Å². The van der Waals surface area contributed by atoms with Gasteiger partial charge >= 0.3 is 0 Å². The Balaban J connectivity index is 2.87. The highest BCUT2D eigenvalue weighted by atomic mass is 16.3. The Bertz CT molecular complexity index is 395. The predicted molar refractivity (Wildman–Crippen MR) is 42.8 cm³/mol. The molecule has 0 saturated heterocycles. The van der Waals surface area contributed by atoms with Crippen molar-refractivity contribution in [3.63, 3.8) is 0 Å². The fraction of sp³-hybridized carbons (Fsp3) is 0.222. The molecular weight excluding hydrogens is 138 g/mol. The molecule has 1 heterocycles. The van der Waals surface area contributed by atoms with E-state index in [9.17, 15) is 5.11 Å². The number of nitrogens with zero attached hydrogens (tertiary/aromatic N) is 1. The van der Waals surface area contributed by atoms with E-state index < -0.39 is 0 Å². The van der Waals surface area contributed by atoms with Crippen molar-refractivity contribution in [1.29, 1.82) is 0 Å². The molecule has 0 saturated carbocycles. The highest BCUT2D eigenvalue weighted by molar-refractivity contribution is 5.39. The summed E-state index contributed by atoms with van der Waals surface area (Å²) in [5, 5.41) is 11.1. The summed E-state index contributed by atoms with van der Waals surface area (Å²) in [6.07, 6.45) is 1.96. The van der Waals surface area contributed by atoms with Gasteiger partial charge in [0.15, 0.2) is 0 Å². The second kappa shape index (κ2) is 2.09. The molecule has 1 aliphatic rings. The third-order valence-electron chi connectivity index (χ3n) is 1.81. The summed E-state index contributed by atoms with van der Waals surface area (Å²) >= 11 is 0. The fourth-order valence-corrected chi connectivity index (χ4v) is 1.32. The number of rotatable bonds is 0.